The minimum absolute atomic E-state index is 0.0116. The maximum Gasteiger partial charge on any atom is 0.284 e. The molecule has 0 aliphatic carbocycles. The van der Waals surface area contributed by atoms with Crippen molar-refractivity contribution in [2.45, 2.75) is 6.92 Å². The zero-order chi connectivity index (χ0) is 12.3. The van der Waals surface area contributed by atoms with E-state index in [4.69, 9.17) is 5.73 Å². The summed E-state index contributed by atoms with van der Waals surface area (Å²) in [5.41, 5.74) is 6.22. The largest absolute Gasteiger partial charge is 0.379 e. The molecule has 0 unspecified atom stereocenters. The highest BCUT2D eigenvalue weighted by atomic mass is 16.6. The van der Waals surface area contributed by atoms with Crippen LogP contribution >= 0.6 is 0 Å². The Balaban J connectivity index is 2.32. The van der Waals surface area contributed by atoms with Gasteiger partial charge in [0.05, 0.1) is 0 Å². The van der Waals surface area contributed by atoms with E-state index in [0.29, 0.717) is 6.54 Å². The van der Waals surface area contributed by atoms with Crippen molar-refractivity contribution in [2.24, 2.45) is 0 Å². The van der Waals surface area contributed by atoms with Crippen molar-refractivity contribution in [3.8, 4) is 0 Å². The lowest BCUT2D eigenvalue weighted by Gasteiger charge is -2.19. The number of hydrogen-bond donors (Lipinski definition) is 1. The Morgan fingerprint density at radius 2 is 2.12 bits per heavy atom. The Morgan fingerprint density at radius 1 is 1.41 bits per heavy atom. The minimum atomic E-state index is -0.350. The number of hydrogen-bond acceptors (Lipinski definition) is 6. The Hall–Kier alpha value is -2.44. The van der Waals surface area contributed by atoms with Gasteiger partial charge in [-0.15, -0.1) is 0 Å². The van der Waals surface area contributed by atoms with E-state index < -0.39 is 0 Å². The summed E-state index contributed by atoms with van der Waals surface area (Å²) in [6.45, 7) is 2.33. The summed E-state index contributed by atoms with van der Waals surface area (Å²) < 4.78 is 4.41. The van der Waals surface area contributed by atoms with Gasteiger partial charge in [0.2, 0.25) is 11.5 Å². The molecule has 0 aromatic carbocycles. The highest BCUT2D eigenvalue weighted by Crippen LogP contribution is 2.16. The number of nitrogens with two attached hydrogens (primary N) is 1. The summed E-state index contributed by atoms with van der Waals surface area (Å²) >= 11 is 0. The van der Waals surface area contributed by atoms with Crippen molar-refractivity contribution in [3.05, 3.63) is 30.2 Å². The molecule has 7 heteroatoms. The predicted molar refractivity (Wildman–Crippen MR) is 60.3 cm³/mol. The quantitative estimate of drug-likeness (QED) is 0.838. The first-order valence-corrected chi connectivity index (χ1v) is 5.04. The minimum Gasteiger partial charge on any atom is -0.379 e. The van der Waals surface area contributed by atoms with Crippen LogP contribution in [-0.2, 0) is 0 Å². The SMILES string of the molecule is CCN(C(=O)c1nonc1N)c1ccncc1. The molecule has 0 aliphatic rings. The van der Waals surface area contributed by atoms with Crippen LogP contribution in [-0.4, -0.2) is 27.7 Å². The number of carbonyl (C=O) groups excluding carboxylic acids is 1. The molecule has 2 heterocycles. The fraction of sp³-hybridized carbons (Fsp3) is 0.200. The number of rotatable bonds is 3. The maximum atomic E-state index is 12.1. The van der Waals surface area contributed by atoms with Gasteiger partial charge < -0.3 is 10.6 Å². The average molecular weight is 233 g/mol. The van der Waals surface area contributed by atoms with Gasteiger partial charge in [-0.2, -0.15) is 0 Å². The predicted octanol–water partition coefficient (Wildman–Crippen LogP) is 0.713. The smallest absolute Gasteiger partial charge is 0.284 e. The summed E-state index contributed by atoms with van der Waals surface area (Å²) in [6, 6.07) is 3.45. The van der Waals surface area contributed by atoms with Crippen molar-refractivity contribution in [2.75, 3.05) is 17.2 Å². The highest BCUT2D eigenvalue weighted by molar-refractivity contribution is 6.07. The average Bonchev–Trinajstić information content (AvgIpc) is 2.77. The molecule has 0 atom stereocenters. The molecule has 2 N–H and O–H groups in total. The van der Waals surface area contributed by atoms with Gasteiger partial charge in [0.15, 0.2) is 0 Å². The molecule has 0 aliphatic heterocycles. The van der Waals surface area contributed by atoms with Crippen LogP contribution in [0.15, 0.2) is 29.2 Å². The normalized spacial score (nSPS) is 10.2. The third-order valence-electron chi connectivity index (χ3n) is 2.25. The number of nitrogen functional groups attached to an aromatic ring is 1. The Kier molecular flexibility index (Phi) is 2.99. The fourth-order valence-electron chi connectivity index (χ4n) is 1.44. The molecule has 0 radical (unpaired) electrons. The molecule has 2 aromatic heterocycles. The van der Waals surface area contributed by atoms with Crippen LogP contribution in [0.5, 0.6) is 0 Å². The van der Waals surface area contributed by atoms with Crippen molar-refractivity contribution in [1.29, 1.82) is 0 Å². The third-order valence-corrected chi connectivity index (χ3v) is 2.25. The standard InChI is InChI=1S/C10H11N5O2/c1-2-15(7-3-5-12-6-4-7)10(16)8-9(11)14-17-13-8/h3-6H,2H2,1H3,(H2,11,14). The molecule has 0 saturated carbocycles. The van der Waals surface area contributed by atoms with Crippen LogP contribution < -0.4 is 10.6 Å². The van der Waals surface area contributed by atoms with Crippen LogP contribution in [0.2, 0.25) is 0 Å². The van der Waals surface area contributed by atoms with Crippen molar-refractivity contribution in [3.63, 3.8) is 0 Å². The summed E-state index contributed by atoms with van der Waals surface area (Å²) in [4.78, 5) is 17.5. The van der Waals surface area contributed by atoms with Crippen LogP contribution in [0.25, 0.3) is 0 Å². The van der Waals surface area contributed by atoms with E-state index in [-0.39, 0.29) is 17.4 Å². The van der Waals surface area contributed by atoms with Crippen molar-refractivity contribution >= 4 is 17.4 Å². The molecule has 0 bridgehead atoms. The molecule has 0 saturated heterocycles. The first-order valence-electron chi connectivity index (χ1n) is 5.04. The monoisotopic (exact) mass is 233 g/mol. The number of pyridine rings is 1. The summed E-state index contributed by atoms with van der Waals surface area (Å²) in [5, 5.41) is 6.87. The molecule has 2 rings (SSSR count). The zero-order valence-electron chi connectivity index (χ0n) is 9.20. The van der Waals surface area contributed by atoms with Gasteiger partial charge in [0.1, 0.15) is 0 Å². The number of aromatic nitrogens is 3. The Labute approximate surface area is 97.2 Å². The van der Waals surface area contributed by atoms with Gasteiger partial charge in [-0.05, 0) is 29.4 Å². The van der Waals surface area contributed by atoms with Crippen LogP contribution in [0.1, 0.15) is 17.4 Å². The van der Waals surface area contributed by atoms with E-state index in [1.165, 1.54) is 4.90 Å². The maximum absolute atomic E-state index is 12.1. The van der Waals surface area contributed by atoms with Gasteiger partial charge in [0, 0.05) is 24.6 Å². The lowest BCUT2D eigenvalue weighted by molar-refractivity contribution is 0.0979. The van der Waals surface area contributed by atoms with E-state index in [1.54, 1.807) is 24.5 Å². The van der Waals surface area contributed by atoms with E-state index in [0.717, 1.165) is 5.69 Å². The molecular formula is C10H11N5O2. The summed E-state index contributed by atoms with van der Waals surface area (Å²) in [5.74, 6) is -0.361. The molecule has 0 spiro atoms. The molecule has 2 aromatic rings. The first kappa shape index (κ1) is 11.1. The lowest BCUT2D eigenvalue weighted by atomic mass is 10.3. The van der Waals surface area contributed by atoms with E-state index in [1.807, 2.05) is 6.92 Å². The fourth-order valence-corrected chi connectivity index (χ4v) is 1.44. The van der Waals surface area contributed by atoms with Gasteiger partial charge in [-0.25, -0.2) is 4.63 Å². The lowest BCUT2D eigenvalue weighted by Crippen LogP contribution is -2.31. The second-order valence-corrected chi connectivity index (χ2v) is 3.25. The second-order valence-electron chi connectivity index (χ2n) is 3.25. The molecular weight excluding hydrogens is 222 g/mol. The number of nitrogens with zero attached hydrogens (tertiary/aromatic N) is 4. The molecule has 7 nitrogen and oxygen atoms in total. The van der Waals surface area contributed by atoms with Gasteiger partial charge in [0.25, 0.3) is 5.91 Å². The number of anilines is 2. The summed E-state index contributed by atoms with van der Waals surface area (Å²) in [7, 11) is 0. The molecule has 88 valence electrons. The molecule has 1 amide bonds. The van der Waals surface area contributed by atoms with Crippen LogP contribution in [0.3, 0.4) is 0 Å². The third kappa shape index (κ3) is 2.07. The highest BCUT2D eigenvalue weighted by Gasteiger charge is 2.22. The van der Waals surface area contributed by atoms with E-state index >= 15 is 0 Å². The van der Waals surface area contributed by atoms with Crippen molar-refractivity contribution in [1.82, 2.24) is 15.3 Å². The van der Waals surface area contributed by atoms with E-state index in [9.17, 15) is 4.79 Å². The zero-order valence-corrected chi connectivity index (χ0v) is 9.20. The van der Waals surface area contributed by atoms with Crippen molar-refractivity contribution < 1.29 is 9.42 Å². The topological polar surface area (TPSA) is 98.1 Å². The van der Waals surface area contributed by atoms with E-state index in [2.05, 4.69) is 19.9 Å². The first-order chi connectivity index (χ1) is 8.24. The Morgan fingerprint density at radius 3 is 2.65 bits per heavy atom. The van der Waals surface area contributed by atoms with Gasteiger partial charge in [-0.3, -0.25) is 9.78 Å². The van der Waals surface area contributed by atoms with Gasteiger partial charge >= 0.3 is 0 Å². The molecule has 0 fully saturated rings. The van der Waals surface area contributed by atoms with Gasteiger partial charge in [-0.1, -0.05) is 0 Å². The molecule has 17 heavy (non-hydrogen) atoms. The summed E-state index contributed by atoms with van der Waals surface area (Å²) in [6.07, 6.45) is 3.21. The number of amides is 1. The number of carbonyl (C=O) groups is 1. The van der Waals surface area contributed by atoms with Crippen LogP contribution in [0, 0.1) is 0 Å². The second kappa shape index (κ2) is 4.60. The Bertz CT molecular complexity index is 510. The van der Waals surface area contributed by atoms with Crippen LogP contribution in [0.4, 0.5) is 11.5 Å².